The topological polar surface area (TPSA) is 150 Å². The number of hydrogen-bond donors (Lipinski definition) is 7. The molecule has 0 bridgehead atoms. The van der Waals surface area contributed by atoms with Gasteiger partial charge in [-0.25, -0.2) is 0 Å². The summed E-state index contributed by atoms with van der Waals surface area (Å²) in [6.07, 6.45) is 22.8. The summed E-state index contributed by atoms with van der Waals surface area (Å²) in [6.45, 7) is 1.58. The lowest BCUT2D eigenvalue weighted by molar-refractivity contribution is -0.137. The van der Waals surface area contributed by atoms with Crippen LogP contribution in [0.2, 0.25) is 0 Å². The van der Waals surface area contributed by atoms with Gasteiger partial charge in [-0.05, 0) is 52.0 Å². The molecule has 202 valence electrons. The van der Waals surface area contributed by atoms with E-state index in [4.69, 9.17) is 25.5 Å². The van der Waals surface area contributed by atoms with Crippen molar-refractivity contribution in [3.8, 4) is 0 Å². The van der Waals surface area contributed by atoms with Crippen molar-refractivity contribution < 1.29 is 35.4 Å². The van der Waals surface area contributed by atoms with Gasteiger partial charge in [0.1, 0.15) is 18.3 Å². The Hall–Kier alpha value is -2.07. The summed E-state index contributed by atoms with van der Waals surface area (Å²) < 4.78 is 0. The molecule has 0 aromatic heterocycles. The van der Waals surface area contributed by atoms with Gasteiger partial charge in [0.2, 0.25) is 0 Å². The molecule has 8 nitrogen and oxygen atoms in total. The van der Waals surface area contributed by atoms with E-state index in [1.165, 1.54) is 0 Å². The van der Waals surface area contributed by atoms with Gasteiger partial charge in [0.15, 0.2) is 0 Å². The van der Waals surface area contributed by atoms with Crippen molar-refractivity contribution in [1.29, 1.82) is 0 Å². The highest BCUT2D eigenvalue weighted by atomic mass is 16.4. The number of nitrogens with one attached hydrogen (secondary N) is 1. The zero-order valence-electron chi connectivity index (χ0n) is 21.2. The summed E-state index contributed by atoms with van der Waals surface area (Å²) in [5, 5.41) is 56.0. The average molecular weight is 498 g/mol. The second kappa shape index (κ2) is 26.5. The second-order valence-electron chi connectivity index (χ2n) is 7.85. The van der Waals surface area contributed by atoms with Crippen molar-refractivity contribution >= 4 is 5.97 Å². The van der Waals surface area contributed by atoms with Crippen LogP contribution >= 0.6 is 0 Å². The van der Waals surface area contributed by atoms with E-state index in [-0.39, 0.29) is 13.0 Å². The second-order valence-corrected chi connectivity index (χ2v) is 7.85. The molecule has 0 aliphatic carbocycles. The highest BCUT2D eigenvalue weighted by Crippen LogP contribution is 2.04. The summed E-state index contributed by atoms with van der Waals surface area (Å²) >= 11 is 0. The number of aliphatic hydroxyl groups is 5. The number of allylic oxidation sites excluding steroid dienone is 10. The fraction of sp³-hybridized carbons (Fsp3) is 0.593. The molecular formula is C27H47NO7. The minimum atomic E-state index is -1.55. The normalized spacial score (nSPS) is 15.7. The Labute approximate surface area is 210 Å². The van der Waals surface area contributed by atoms with Gasteiger partial charge in [0.25, 0.3) is 0 Å². The number of rotatable bonds is 19. The quantitative estimate of drug-likeness (QED) is 0.106. The van der Waals surface area contributed by atoms with Gasteiger partial charge in [0, 0.05) is 13.0 Å². The van der Waals surface area contributed by atoms with Gasteiger partial charge in [-0.15, -0.1) is 0 Å². The minimum absolute atomic E-state index is 0.0936. The fourth-order valence-corrected chi connectivity index (χ4v) is 2.63. The zero-order valence-corrected chi connectivity index (χ0v) is 21.2. The van der Waals surface area contributed by atoms with E-state index < -0.39 is 37.0 Å². The predicted molar refractivity (Wildman–Crippen MR) is 141 cm³/mol. The number of unbranched alkanes of at least 4 members (excludes halogenated alkanes) is 1. The molecule has 0 saturated heterocycles. The summed E-state index contributed by atoms with van der Waals surface area (Å²) in [5.74, 6) is -0.715. The van der Waals surface area contributed by atoms with E-state index in [0.29, 0.717) is 0 Å². The maximum atomic E-state index is 10.3. The molecule has 8 heteroatoms. The summed E-state index contributed by atoms with van der Waals surface area (Å²) in [5.41, 5.74) is 0. The van der Waals surface area contributed by atoms with Crippen molar-refractivity contribution in [3.63, 3.8) is 0 Å². The third-order valence-electron chi connectivity index (χ3n) is 4.66. The van der Waals surface area contributed by atoms with Crippen molar-refractivity contribution in [3.05, 3.63) is 60.8 Å². The highest BCUT2D eigenvalue weighted by Gasteiger charge is 2.29. The Morgan fingerprint density at radius 1 is 0.743 bits per heavy atom. The first kappa shape index (κ1) is 35.1. The molecule has 0 fully saturated rings. The van der Waals surface area contributed by atoms with Crippen LogP contribution in [0.3, 0.4) is 0 Å². The summed E-state index contributed by atoms with van der Waals surface area (Å²) in [6, 6.07) is 0. The third kappa shape index (κ3) is 24.8. The summed E-state index contributed by atoms with van der Waals surface area (Å²) in [7, 11) is 1.57. The van der Waals surface area contributed by atoms with Gasteiger partial charge >= 0.3 is 5.97 Å². The molecular weight excluding hydrogens is 450 g/mol. The molecule has 0 heterocycles. The number of carboxylic acid groups (broad SMARTS) is 1. The smallest absolute Gasteiger partial charge is 0.303 e. The number of carbonyl (C=O) groups is 1. The Balaban J connectivity index is 0. The average Bonchev–Trinajstić information content (AvgIpc) is 2.84. The van der Waals surface area contributed by atoms with E-state index in [9.17, 15) is 9.90 Å². The van der Waals surface area contributed by atoms with Crippen LogP contribution in [0.1, 0.15) is 58.3 Å². The van der Waals surface area contributed by atoms with E-state index in [2.05, 4.69) is 73.0 Å². The van der Waals surface area contributed by atoms with E-state index in [1.54, 1.807) is 7.05 Å². The van der Waals surface area contributed by atoms with Crippen molar-refractivity contribution in [1.82, 2.24) is 5.32 Å². The highest BCUT2D eigenvalue weighted by molar-refractivity contribution is 5.66. The van der Waals surface area contributed by atoms with Gasteiger partial charge in [-0.1, -0.05) is 67.7 Å². The standard InChI is InChI=1S/C20H30O2.C7H17NO5/c1-2-3-4-5-6-7-8-9-10-11-12-13-14-15-16-17-18-19-20(21)22;1-8-2-4(10)6(12)7(13)5(11)3-9/h3-4,6-7,9-10,12-13,15-16H,2,5,8,11,14,17-19H2,1H3,(H,21,22);4-13H,2-3H2,1H3/b4-3-,7-6-,10-9-,13-12-,16-15-;/t;4-,5+,6+,7+/m.0/s1. The van der Waals surface area contributed by atoms with Crippen LogP contribution in [-0.4, -0.2) is 81.2 Å². The van der Waals surface area contributed by atoms with Gasteiger partial charge in [-0.3, -0.25) is 4.79 Å². The molecule has 0 saturated carbocycles. The van der Waals surface area contributed by atoms with E-state index in [1.807, 2.05) is 0 Å². The third-order valence-corrected chi connectivity index (χ3v) is 4.66. The minimum Gasteiger partial charge on any atom is -0.481 e. The van der Waals surface area contributed by atoms with Crippen LogP contribution in [0.25, 0.3) is 0 Å². The molecule has 0 spiro atoms. The largest absolute Gasteiger partial charge is 0.481 e. The Kier molecular flexibility index (Phi) is 26.6. The fourth-order valence-electron chi connectivity index (χ4n) is 2.63. The molecule has 0 radical (unpaired) electrons. The van der Waals surface area contributed by atoms with Crippen LogP contribution in [0.15, 0.2) is 60.8 Å². The Morgan fingerprint density at radius 2 is 1.17 bits per heavy atom. The first-order valence-corrected chi connectivity index (χ1v) is 12.3. The maximum absolute atomic E-state index is 10.3. The van der Waals surface area contributed by atoms with Crippen LogP contribution in [-0.2, 0) is 4.79 Å². The molecule has 0 aromatic rings. The molecule has 0 aliphatic heterocycles. The molecule has 0 unspecified atom stereocenters. The lowest BCUT2D eigenvalue weighted by Gasteiger charge is -2.25. The van der Waals surface area contributed by atoms with Crippen LogP contribution < -0.4 is 5.32 Å². The molecule has 0 amide bonds. The first-order valence-electron chi connectivity index (χ1n) is 12.3. The lowest BCUT2D eigenvalue weighted by Crippen LogP contribution is -2.48. The SMILES string of the molecule is CC/C=C\C/C=C\C/C=C\C/C=C\C/C=C\CCCC(=O)O.CNC[C@H](O)[C@@H](O)[C@H](O)[C@H](O)CO. The Bertz CT molecular complexity index is 629. The van der Waals surface area contributed by atoms with Gasteiger partial charge in [0.05, 0.1) is 12.7 Å². The molecule has 7 N–H and O–H groups in total. The van der Waals surface area contributed by atoms with Crippen molar-refractivity contribution in [2.75, 3.05) is 20.2 Å². The molecule has 0 aliphatic rings. The number of aliphatic hydroxyl groups excluding tert-OH is 5. The molecule has 0 rings (SSSR count). The lowest BCUT2D eigenvalue weighted by atomic mass is 10.0. The number of aliphatic carboxylic acids is 1. The van der Waals surface area contributed by atoms with Gasteiger partial charge in [-0.2, -0.15) is 0 Å². The van der Waals surface area contributed by atoms with Crippen molar-refractivity contribution in [2.24, 2.45) is 0 Å². The van der Waals surface area contributed by atoms with E-state index in [0.717, 1.165) is 44.9 Å². The van der Waals surface area contributed by atoms with Crippen LogP contribution in [0, 0.1) is 0 Å². The van der Waals surface area contributed by atoms with Crippen LogP contribution in [0.4, 0.5) is 0 Å². The first-order chi connectivity index (χ1) is 16.8. The zero-order chi connectivity index (χ0) is 26.7. The van der Waals surface area contributed by atoms with Crippen LogP contribution in [0.5, 0.6) is 0 Å². The number of carboxylic acids is 1. The number of hydrogen-bond acceptors (Lipinski definition) is 7. The van der Waals surface area contributed by atoms with Crippen molar-refractivity contribution in [2.45, 2.75) is 82.7 Å². The summed E-state index contributed by atoms with van der Waals surface area (Å²) in [4.78, 5) is 10.3. The number of likely N-dealkylation sites (N-methyl/N-ethyl adjacent to an activating group) is 1. The molecule has 0 aromatic carbocycles. The molecule has 35 heavy (non-hydrogen) atoms. The monoisotopic (exact) mass is 497 g/mol. The predicted octanol–water partition coefficient (Wildman–Crippen LogP) is 2.63. The molecule has 4 atom stereocenters. The maximum Gasteiger partial charge on any atom is 0.303 e. The van der Waals surface area contributed by atoms with Gasteiger partial charge < -0.3 is 36.0 Å². The van der Waals surface area contributed by atoms with E-state index >= 15 is 0 Å². The Morgan fingerprint density at radius 3 is 1.57 bits per heavy atom.